The van der Waals surface area contributed by atoms with Gasteiger partial charge in [0.1, 0.15) is 5.75 Å². The highest BCUT2D eigenvalue weighted by molar-refractivity contribution is 7.99. The highest BCUT2D eigenvalue weighted by Crippen LogP contribution is 2.34. The number of nitrogens with zero attached hydrogens (tertiary/aromatic N) is 3. The van der Waals surface area contributed by atoms with Crippen molar-refractivity contribution in [1.82, 2.24) is 9.36 Å². The van der Waals surface area contributed by atoms with Gasteiger partial charge >= 0.3 is 6.18 Å². The molecule has 1 aromatic heterocycles. The Morgan fingerprint density at radius 2 is 1.89 bits per heavy atom. The third-order valence-corrected chi connectivity index (χ3v) is 8.03. The maximum absolute atomic E-state index is 13.5. The first-order valence-corrected chi connectivity index (χ1v) is 14.0. The van der Waals surface area contributed by atoms with Crippen molar-refractivity contribution < 1.29 is 27.4 Å². The SMILES string of the molecule is Cn1c(C(C)(C)C)c/c(=N\C(=O)c2cc(C(F)(F)F)ccc2OCC2CCSCC2)n1C[C@H]1CCCO1. The summed E-state index contributed by atoms with van der Waals surface area (Å²) in [6.45, 7) is 7.75. The van der Waals surface area contributed by atoms with Gasteiger partial charge in [-0.05, 0) is 61.3 Å². The zero-order chi connectivity index (χ0) is 26.8. The molecule has 1 aromatic carbocycles. The van der Waals surface area contributed by atoms with Gasteiger partial charge in [-0.3, -0.25) is 14.2 Å². The van der Waals surface area contributed by atoms with Crippen LogP contribution in [-0.4, -0.2) is 46.1 Å². The number of carbonyl (C=O) groups is 1. The first-order valence-electron chi connectivity index (χ1n) is 12.8. The lowest BCUT2D eigenvalue weighted by atomic mass is 9.92. The van der Waals surface area contributed by atoms with E-state index in [0.717, 1.165) is 55.0 Å². The Morgan fingerprint density at radius 3 is 2.51 bits per heavy atom. The molecular formula is C27H36F3N3O3S. The molecule has 4 rings (SSSR count). The van der Waals surface area contributed by atoms with E-state index in [4.69, 9.17) is 9.47 Å². The van der Waals surface area contributed by atoms with Crippen LogP contribution in [-0.2, 0) is 29.9 Å². The lowest BCUT2D eigenvalue weighted by Crippen LogP contribution is -2.30. The number of carbonyl (C=O) groups excluding carboxylic acids is 1. The summed E-state index contributed by atoms with van der Waals surface area (Å²) in [6, 6.07) is 4.90. The van der Waals surface area contributed by atoms with Gasteiger partial charge in [-0.15, -0.1) is 0 Å². The molecule has 2 aliphatic heterocycles. The van der Waals surface area contributed by atoms with Gasteiger partial charge < -0.3 is 9.47 Å². The molecule has 10 heteroatoms. The lowest BCUT2D eigenvalue weighted by Gasteiger charge is -2.22. The standard InChI is InChI=1S/C27H36F3N3O3S/c1-26(2,3)23-15-24(33(32(23)4)16-20-6-5-11-35-20)31-25(34)21-14-19(27(28,29)30)7-8-22(21)36-17-18-9-12-37-13-10-18/h7-8,14-15,18,20H,5-6,9-13,16-17H2,1-4H3/b31-24+/t20-/m1/s1. The van der Waals surface area contributed by atoms with Crippen molar-refractivity contribution in [2.75, 3.05) is 24.7 Å². The van der Waals surface area contributed by atoms with E-state index < -0.39 is 17.6 Å². The second-order valence-corrected chi connectivity index (χ2v) is 12.1. The summed E-state index contributed by atoms with van der Waals surface area (Å²) >= 11 is 1.89. The van der Waals surface area contributed by atoms with Crippen molar-refractivity contribution in [3.63, 3.8) is 0 Å². The smallest absolute Gasteiger partial charge is 0.416 e. The number of ether oxygens (including phenoxy) is 2. The summed E-state index contributed by atoms with van der Waals surface area (Å²) in [6.07, 6.45) is -0.736. The number of halogens is 3. The summed E-state index contributed by atoms with van der Waals surface area (Å²) < 4.78 is 56.2. The molecule has 3 heterocycles. The number of amides is 1. The molecule has 37 heavy (non-hydrogen) atoms. The second kappa shape index (κ2) is 11.3. The fraction of sp³-hybridized carbons (Fsp3) is 0.630. The van der Waals surface area contributed by atoms with Crippen LogP contribution in [0, 0.1) is 5.92 Å². The van der Waals surface area contributed by atoms with Crippen LogP contribution in [0.5, 0.6) is 5.75 Å². The molecule has 0 N–H and O–H groups in total. The van der Waals surface area contributed by atoms with Gasteiger partial charge in [0, 0.05) is 30.8 Å². The Morgan fingerprint density at radius 1 is 1.16 bits per heavy atom. The quantitative estimate of drug-likeness (QED) is 0.481. The van der Waals surface area contributed by atoms with Gasteiger partial charge in [-0.25, -0.2) is 0 Å². The highest BCUT2D eigenvalue weighted by atomic mass is 32.2. The average Bonchev–Trinajstić information content (AvgIpc) is 3.46. The van der Waals surface area contributed by atoms with E-state index >= 15 is 0 Å². The van der Waals surface area contributed by atoms with E-state index in [0.29, 0.717) is 31.2 Å². The Balaban J connectivity index is 1.72. The molecule has 2 aromatic rings. The summed E-state index contributed by atoms with van der Waals surface area (Å²) in [4.78, 5) is 17.8. The molecule has 0 aliphatic carbocycles. The Hall–Kier alpha value is -2.20. The molecule has 0 unspecified atom stereocenters. The zero-order valence-corrected chi connectivity index (χ0v) is 22.8. The van der Waals surface area contributed by atoms with E-state index in [-0.39, 0.29) is 22.8 Å². The van der Waals surface area contributed by atoms with Gasteiger partial charge in [0.2, 0.25) is 0 Å². The van der Waals surface area contributed by atoms with Gasteiger partial charge in [-0.2, -0.15) is 29.9 Å². The van der Waals surface area contributed by atoms with Crippen LogP contribution >= 0.6 is 11.8 Å². The number of hydrogen-bond donors (Lipinski definition) is 0. The monoisotopic (exact) mass is 539 g/mol. The van der Waals surface area contributed by atoms with Crippen molar-refractivity contribution in [3.05, 3.63) is 46.6 Å². The van der Waals surface area contributed by atoms with Crippen LogP contribution in [0.4, 0.5) is 13.2 Å². The molecule has 2 aliphatic rings. The second-order valence-electron chi connectivity index (χ2n) is 10.9. The topological polar surface area (TPSA) is 57.8 Å². The molecule has 6 nitrogen and oxygen atoms in total. The molecule has 2 fully saturated rings. The maximum atomic E-state index is 13.5. The predicted molar refractivity (Wildman–Crippen MR) is 138 cm³/mol. The molecule has 204 valence electrons. The Labute approximate surface area is 220 Å². The fourth-order valence-electron chi connectivity index (χ4n) is 4.85. The third kappa shape index (κ3) is 6.82. The van der Waals surface area contributed by atoms with Crippen molar-refractivity contribution in [2.24, 2.45) is 18.0 Å². The number of aromatic nitrogens is 2. The number of benzene rings is 1. The molecule has 1 atom stereocenters. The number of thioether (sulfide) groups is 1. The van der Waals surface area contributed by atoms with Crippen LogP contribution in [0.15, 0.2) is 29.3 Å². The minimum absolute atomic E-state index is 0.00317. The molecule has 1 amide bonds. The molecule has 0 bridgehead atoms. The highest BCUT2D eigenvalue weighted by Gasteiger charge is 2.32. The Kier molecular flexibility index (Phi) is 8.48. The van der Waals surface area contributed by atoms with Crippen LogP contribution < -0.4 is 10.2 Å². The van der Waals surface area contributed by atoms with E-state index in [1.165, 1.54) is 6.07 Å². The van der Waals surface area contributed by atoms with Gasteiger partial charge in [0.25, 0.3) is 5.91 Å². The normalized spacial score (nSPS) is 20.0. The zero-order valence-electron chi connectivity index (χ0n) is 21.9. The predicted octanol–water partition coefficient (Wildman–Crippen LogP) is 5.59. The molecule has 2 saturated heterocycles. The third-order valence-electron chi connectivity index (χ3n) is 6.98. The van der Waals surface area contributed by atoms with Gasteiger partial charge in [-0.1, -0.05) is 20.8 Å². The molecule has 0 spiro atoms. The van der Waals surface area contributed by atoms with Crippen LogP contribution in [0.2, 0.25) is 0 Å². The number of rotatable bonds is 6. The first-order chi connectivity index (χ1) is 17.4. The maximum Gasteiger partial charge on any atom is 0.416 e. The van der Waals surface area contributed by atoms with Gasteiger partial charge in [0.15, 0.2) is 5.49 Å². The van der Waals surface area contributed by atoms with E-state index in [2.05, 4.69) is 25.8 Å². The van der Waals surface area contributed by atoms with E-state index in [1.54, 1.807) is 0 Å². The summed E-state index contributed by atoms with van der Waals surface area (Å²) in [7, 11) is 1.90. The number of alkyl halides is 3. The fourth-order valence-corrected chi connectivity index (χ4v) is 6.05. The van der Waals surface area contributed by atoms with Crippen LogP contribution in [0.25, 0.3) is 0 Å². The number of hydrogen-bond acceptors (Lipinski definition) is 4. The van der Waals surface area contributed by atoms with E-state index in [9.17, 15) is 18.0 Å². The summed E-state index contributed by atoms with van der Waals surface area (Å²) in [5.74, 6) is 1.78. The lowest BCUT2D eigenvalue weighted by molar-refractivity contribution is -0.137. The first kappa shape index (κ1) is 27.8. The molecular weight excluding hydrogens is 503 g/mol. The van der Waals surface area contributed by atoms with Crippen molar-refractivity contribution in [1.29, 1.82) is 0 Å². The average molecular weight is 540 g/mol. The minimum Gasteiger partial charge on any atom is -0.492 e. The Bertz CT molecular complexity index is 1170. The van der Waals surface area contributed by atoms with Crippen molar-refractivity contribution >= 4 is 17.7 Å². The van der Waals surface area contributed by atoms with Gasteiger partial charge in [0.05, 0.1) is 30.4 Å². The summed E-state index contributed by atoms with van der Waals surface area (Å²) in [5.41, 5.74) is 0.0355. The molecule has 0 radical (unpaired) electrons. The minimum atomic E-state index is -4.58. The molecule has 0 saturated carbocycles. The van der Waals surface area contributed by atoms with Crippen LogP contribution in [0.1, 0.15) is 68.1 Å². The van der Waals surface area contributed by atoms with E-state index in [1.807, 2.05) is 34.2 Å². The summed E-state index contributed by atoms with van der Waals surface area (Å²) in [5, 5.41) is 0. The largest absolute Gasteiger partial charge is 0.492 e. The van der Waals surface area contributed by atoms with Crippen molar-refractivity contribution in [3.8, 4) is 5.75 Å². The van der Waals surface area contributed by atoms with Crippen molar-refractivity contribution in [2.45, 2.75) is 70.7 Å². The van der Waals surface area contributed by atoms with Crippen LogP contribution in [0.3, 0.4) is 0 Å².